The Morgan fingerprint density at radius 2 is 2.10 bits per heavy atom. The van der Waals surface area contributed by atoms with E-state index in [9.17, 15) is 9.18 Å². The Morgan fingerprint density at radius 3 is 2.71 bits per heavy atom. The highest BCUT2D eigenvalue weighted by Gasteiger charge is 2.22. The molecule has 21 heavy (non-hydrogen) atoms. The number of hydrogen-bond donors (Lipinski definition) is 1. The number of esters is 1. The molecule has 2 rings (SSSR count). The van der Waals surface area contributed by atoms with Gasteiger partial charge in [-0.3, -0.25) is 0 Å². The van der Waals surface area contributed by atoms with Crippen LogP contribution in [0.15, 0.2) is 24.3 Å². The topological polar surface area (TPSA) is 83.0 Å². The van der Waals surface area contributed by atoms with Gasteiger partial charge in [-0.2, -0.15) is 0 Å². The summed E-state index contributed by atoms with van der Waals surface area (Å²) in [5, 5.41) is 7.86. The molecule has 1 aromatic carbocycles. The molecule has 0 aliphatic carbocycles. The van der Waals surface area contributed by atoms with Gasteiger partial charge in [-0.1, -0.05) is 5.21 Å². The molecule has 0 bridgehead atoms. The molecule has 0 spiro atoms. The highest BCUT2D eigenvalue weighted by atomic mass is 19.1. The first-order valence-electron chi connectivity index (χ1n) is 6.74. The maximum Gasteiger partial charge on any atom is 0.361 e. The van der Waals surface area contributed by atoms with Crippen LogP contribution in [0, 0.1) is 5.82 Å². The molecule has 2 N–H and O–H groups in total. The number of carbonyl (C=O) groups is 1. The van der Waals surface area contributed by atoms with E-state index in [1.807, 2.05) is 0 Å². The Hall–Kier alpha value is -2.28. The zero-order chi connectivity index (χ0) is 15.2. The lowest BCUT2D eigenvalue weighted by Crippen LogP contribution is -2.10. The second kappa shape index (κ2) is 6.94. The van der Waals surface area contributed by atoms with Gasteiger partial charge in [-0.15, -0.1) is 5.10 Å². The van der Waals surface area contributed by atoms with Gasteiger partial charge in [0, 0.05) is 12.1 Å². The number of benzene rings is 1. The summed E-state index contributed by atoms with van der Waals surface area (Å²) < 4.78 is 19.6. The fraction of sp³-hybridized carbons (Fsp3) is 0.357. The lowest BCUT2D eigenvalue weighted by Gasteiger charge is -2.07. The molecule has 0 fully saturated rings. The fourth-order valence-corrected chi connectivity index (χ4v) is 1.94. The molecular weight excluding hydrogens is 275 g/mol. The van der Waals surface area contributed by atoms with Crippen molar-refractivity contribution in [1.29, 1.82) is 0 Å². The molecule has 0 aliphatic rings. The van der Waals surface area contributed by atoms with Gasteiger partial charge in [0.25, 0.3) is 0 Å². The number of rotatable bonds is 6. The molecule has 7 heteroatoms. The number of ether oxygens (including phenoxy) is 1. The van der Waals surface area contributed by atoms with E-state index in [1.165, 1.54) is 12.1 Å². The molecule has 0 unspecified atom stereocenters. The van der Waals surface area contributed by atoms with Crippen molar-refractivity contribution in [2.24, 2.45) is 5.73 Å². The van der Waals surface area contributed by atoms with Crippen LogP contribution in [-0.2, 0) is 11.3 Å². The van der Waals surface area contributed by atoms with Crippen molar-refractivity contribution >= 4 is 5.97 Å². The van der Waals surface area contributed by atoms with Crippen molar-refractivity contribution in [2.75, 3.05) is 13.2 Å². The Labute approximate surface area is 121 Å². The van der Waals surface area contributed by atoms with Gasteiger partial charge >= 0.3 is 5.97 Å². The summed E-state index contributed by atoms with van der Waals surface area (Å²) in [7, 11) is 0. The van der Waals surface area contributed by atoms with Gasteiger partial charge in [0.15, 0.2) is 5.69 Å². The molecule has 112 valence electrons. The van der Waals surface area contributed by atoms with Gasteiger partial charge in [-0.25, -0.2) is 13.9 Å². The fourth-order valence-electron chi connectivity index (χ4n) is 1.94. The van der Waals surface area contributed by atoms with E-state index in [1.54, 1.807) is 23.7 Å². The molecule has 0 saturated heterocycles. The van der Waals surface area contributed by atoms with Gasteiger partial charge < -0.3 is 10.5 Å². The summed E-state index contributed by atoms with van der Waals surface area (Å²) in [6.07, 6.45) is 0.694. The number of nitrogens with zero attached hydrogens (tertiary/aromatic N) is 3. The lowest BCUT2D eigenvalue weighted by atomic mass is 10.1. The third-order valence-electron chi connectivity index (χ3n) is 2.90. The summed E-state index contributed by atoms with van der Waals surface area (Å²) in [4.78, 5) is 12.0. The highest BCUT2D eigenvalue weighted by Crippen LogP contribution is 2.23. The van der Waals surface area contributed by atoms with Crippen LogP contribution in [-0.4, -0.2) is 34.1 Å². The highest BCUT2D eigenvalue weighted by molar-refractivity contribution is 5.94. The average Bonchev–Trinajstić information content (AvgIpc) is 2.90. The predicted molar refractivity (Wildman–Crippen MR) is 75.0 cm³/mol. The zero-order valence-electron chi connectivity index (χ0n) is 11.8. The summed E-state index contributed by atoms with van der Waals surface area (Å²) in [5.74, 6) is -0.895. The molecule has 0 amide bonds. The van der Waals surface area contributed by atoms with E-state index in [-0.39, 0.29) is 18.1 Å². The van der Waals surface area contributed by atoms with Crippen LogP contribution in [0.2, 0.25) is 0 Å². The van der Waals surface area contributed by atoms with Crippen molar-refractivity contribution in [3.8, 4) is 11.3 Å². The second-order valence-corrected chi connectivity index (χ2v) is 4.38. The van der Waals surface area contributed by atoms with Crippen LogP contribution < -0.4 is 5.73 Å². The second-order valence-electron chi connectivity index (χ2n) is 4.38. The normalized spacial score (nSPS) is 10.6. The molecule has 1 aromatic heterocycles. The van der Waals surface area contributed by atoms with E-state index in [0.29, 0.717) is 30.8 Å². The van der Waals surface area contributed by atoms with Gasteiger partial charge in [-0.05, 0) is 44.2 Å². The van der Waals surface area contributed by atoms with Crippen molar-refractivity contribution < 1.29 is 13.9 Å². The molecular formula is C14H17FN4O2. The first kappa shape index (κ1) is 15.1. The van der Waals surface area contributed by atoms with Crippen molar-refractivity contribution in [3.63, 3.8) is 0 Å². The SMILES string of the molecule is CCOC(=O)c1nnn(CCCN)c1-c1ccc(F)cc1. The number of halogens is 1. The summed E-state index contributed by atoms with van der Waals surface area (Å²) >= 11 is 0. The first-order valence-corrected chi connectivity index (χ1v) is 6.74. The van der Waals surface area contributed by atoms with Crippen LogP contribution in [0.1, 0.15) is 23.8 Å². The number of hydrogen-bond acceptors (Lipinski definition) is 5. The van der Waals surface area contributed by atoms with Crippen LogP contribution in [0.5, 0.6) is 0 Å². The molecule has 0 atom stereocenters. The number of aryl methyl sites for hydroxylation is 1. The average molecular weight is 292 g/mol. The molecule has 6 nitrogen and oxygen atoms in total. The third-order valence-corrected chi connectivity index (χ3v) is 2.90. The summed E-state index contributed by atoms with van der Waals surface area (Å²) in [5.41, 5.74) is 6.79. The van der Waals surface area contributed by atoms with E-state index in [0.717, 1.165) is 0 Å². The lowest BCUT2D eigenvalue weighted by molar-refractivity contribution is 0.0520. The Kier molecular flexibility index (Phi) is 4.99. The molecule has 1 heterocycles. The molecule has 0 aliphatic heterocycles. The first-order chi connectivity index (χ1) is 10.2. The quantitative estimate of drug-likeness (QED) is 0.818. The number of aromatic nitrogens is 3. The van der Waals surface area contributed by atoms with Crippen molar-refractivity contribution in [1.82, 2.24) is 15.0 Å². The van der Waals surface area contributed by atoms with E-state index < -0.39 is 5.97 Å². The molecule has 0 saturated carbocycles. The molecule has 0 radical (unpaired) electrons. The predicted octanol–water partition coefficient (Wildman–Crippen LogP) is 1.61. The minimum atomic E-state index is -0.546. The van der Waals surface area contributed by atoms with Crippen LogP contribution in [0.3, 0.4) is 0 Å². The van der Waals surface area contributed by atoms with Gasteiger partial charge in [0.05, 0.1) is 6.61 Å². The Balaban J connectivity index is 2.44. The number of nitrogens with two attached hydrogens (primary N) is 1. The Morgan fingerprint density at radius 1 is 1.38 bits per heavy atom. The minimum Gasteiger partial charge on any atom is -0.461 e. The van der Waals surface area contributed by atoms with E-state index >= 15 is 0 Å². The summed E-state index contributed by atoms with van der Waals surface area (Å²) in [6, 6.07) is 5.81. The van der Waals surface area contributed by atoms with Crippen LogP contribution in [0.4, 0.5) is 4.39 Å². The largest absolute Gasteiger partial charge is 0.461 e. The van der Waals surface area contributed by atoms with Crippen LogP contribution >= 0.6 is 0 Å². The van der Waals surface area contributed by atoms with Crippen LogP contribution in [0.25, 0.3) is 11.3 Å². The number of carbonyl (C=O) groups excluding carboxylic acids is 1. The van der Waals surface area contributed by atoms with Gasteiger partial charge in [0.2, 0.25) is 0 Å². The standard InChI is InChI=1S/C14H17FN4O2/c1-2-21-14(20)12-13(10-4-6-11(15)7-5-10)19(18-17-12)9-3-8-16/h4-7H,2-3,8-9,16H2,1H3. The maximum atomic E-state index is 13.1. The molecule has 2 aromatic rings. The minimum absolute atomic E-state index is 0.125. The maximum absolute atomic E-state index is 13.1. The third kappa shape index (κ3) is 3.43. The van der Waals surface area contributed by atoms with Crippen molar-refractivity contribution in [3.05, 3.63) is 35.8 Å². The zero-order valence-corrected chi connectivity index (χ0v) is 11.8. The van der Waals surface area contributed by atoms with E-state index in [2.05, 4.69) is 10.3 Å². The Bertz CT molecular complexity index is 610. The smallest absolute Gasteiger partial charge is 0.361 e. The monoisotopic (exact) mass is 292 g/mol. The van der Waals surface area contributed by atoms with Gasteiger partial charge in [0.1, 0.15) is 11.5 Å². The summed E-state index contributed by atoms with van der Waals surface area (Å²) in [6.45, 7) is 2.98. The van der Waals surface area contributed by atoms with Crippen molar-refractivity contribution in [2.45, 2.75) is 19.9 Å². The van der Waals surface area contributed by atoms with E-state index in [4.69, 9.17) is 10.5 Å².